The van der Waals surface area contributed by atoms with Gasteiger partial charge in [-0.2, -0.15) is 0 Å². The molecule has 1 unspecified atom stereocenters. The molecule has 7 heteroatoms. The first-order valence-electron chi connectivity index (χ1n) is 7.84. The van der Waals surface area contributed by atoms with Crippen LogP contribution >= 0.6 is 28.1 Å². The Hall–Kier alpha value is -1.44. The molecule has 2 N–H and O–H groups in total. The quantitative estimate of drug-likeness (QED) is 0.665. The van der Waals surface area contributed by atoms with E-state index in [2.05, 4.69) is 33.5 Å². The summed E-state index contributed by atoms with van der Waals surface area (Å²) in [5, 5.41) is 7.00. The predicted molar refractivity (Wildman–Crippen MR) is 111 cm³/mol. The summed E-state index contributed by atoms with van der Waals surface area (Å²) in [6.45, 7) is 4.07. The van der Waals surface area contributed by atoms with Gasteiger partial charge < -0.3 is 10.6 Å². The number of hydrogen-bond donors (Lipinski definition) is 2. The van der Waals surface area contributed by atoms with E-state index in [-0.39, 0.29) is 6.04 Å². The van der Waals surface area contributed by atoms with Crippen molar-refractivity contribution in [3.05, 3.63) is 58.1 Å². The molecule has 0 bridgehead atoms. The molecule has 0 spiro atoms. The van der Waals surface area contributed by atoms with Crippen molar-refractivity contribution >= 4 is 48.8 Å². The fourth-order valence-corrected chi connectivity index (χ4v) is 3.55. The van der Waals surface area contributed by atoms with Crippen molar-refractivity contribution < 1.29 is 8.42 Å². The minimum Gasteiger partial charge on any atom is -0.356 e. The van der Waals surface area contributed by atoms with Crippen LogP contribution in [-0.4, -0.2) is 19.8 Å². The lowest BCUT2D eigenvalue weighted by molar-refractivity contribution is 0.601. The first-order valence-corrected chi connectivity index (χ1v) is 10.9. The summed E-state index contributed by atoms with van der Waals surface area (Å²) < 4.78 is 24.2. The van der Waals surface area contributed by atoms with Crippen molar-refractivity contribution in [3.63, 3.8) is 0 Å². The van der Waals surface area contributed by atoms with Gasteiger partial charge in [0.1, 0.15) is 0 Å². The third kappa shape index (κ3) is 5.52. The van der Waals surface area contributed by atoms with E-state index in [0.29, 0.717) is 10.0 Å². The van der Waals surface area contributed by atoms with Crippen molar-refractivity contribution in [1.82, 2.24) is 5.32 Å². The SMILES string of the molecule is CCC(NC(=S)Nc1ccc(Br)c(C)c1)c1ccc(S(C)(=O)=O)cc1. The van der Waals surface area contributed by atoms with Crippen molar-refractivity contribution in [3.8, 4) is 0 Å². The number of nitrogens with one attached hydrogen (secondary N) is 2. The van der Waals surface area contributed by atoms with E-state index in [1.807, 2.05) is 37.3 Å². The predicted octanol–water partition coefficient (Wildman–Crippen LogP) is 4.60. The van der Waals surface area contributed by atoms with Crippen LogP contribution in [0.25, 0.3) is 0 Å². The zero-order valence-electron chi connectivity index (χ0n) is 14.3. The van der Waals surface area contributed by atoms with Crippen LogP contribution in [0.5, 0.6) is 0 Å². The molecule has 0 aliphatic heterocycles. The van der Waals surface area contributed by atoms with Crippen LogP contribution in [0.15, 0.2) is 51.8 Å². The van der Waals surface area contributed by atoms with Gasteiger partial charge in [0.15, 0.2) is 14.9 Å². The Kier molecular flexibility index (Phi) is 6.59. The van der Waals surface area contributed by atoms with Crippen LogP contribution in [0, 0.1) is 6.92 Å². The van der Waals surface area contributed by atoms with Gasteiger partial charge in [0, 0.05) is 16.4 Å². The van der Waals surface area contributed by atoms with Crippen LogP contribution in [-0.2, 0) is 9.84 Å². The van der Waals surface area contributed by atoms with E-state index in [9.17, 15) is 8.42 Å². The van der Waals surface area contributed by atoms with Gasteiger partial charge in [-0.1, -0.05) is 35.0 Å². The molecule has 0 saturated heterocycles. The third-order valence-corrected chi connectivity index (χ3v) is 6.08. The number of aryl methyl sites for hydroxylation is 1. The van der Waals surface area contributed by atoms with E-state index in [4.69, 9.17) is 12.2 Å². The topological polar surface area (TPSA) is 58.2 Å². The Bertz CT molecular complexity index is 865. The molecule has 2 aromatic carbocycles. The van der Waals surface area contributed by atoms with Crippen LogP contribution < -0.4 is 10.6 Å². The summed E-state index contributed by atoms with van der Waals surface area (Å²) in [5.74, 6) is 0. The van der Waals surface area contributed by atoms with E-state index in [1.54, 1.807) is 12.1 Å². The molecule has 0 saturated carbocycles. The highest BCUT2D eigenvalue weighted by atomic mass is 79.9. The summed E-state index contributed by atoms with van der Waals surface area (Å²) in [6.07, 6.45) is 2.02. The number of benzene rings is 2. The number of halogens is 1. The van der Waals surface area contributed by atoms with Gasteiger partial charge in [-0.3, -0.25) is 0 Å². The van der Waals surface area contributed by atoms with Gasteiger partial charge in [0.25, 0.3) is 0 Å². The van der Waals surface area contributed by atoms with Crippen molar-refractivity contribution in [2.75, 3.05) is 11.6 Å². The molecule has 0 heterocycles. The fraction of sp³-hybridized carbons (Fsp3) is 0.278. The van der Waals surface area contributed by atoms with E-state index >= 15 is 0 Å². The molecule has 0 amide bonds. The van der Waals surface area contributed by atoms with Crippen LogP contribution in [0.4, 0.5) is 5.69 Å². The van der Waals surface area contributed by atoms with Gasteiger partial charge >= 0.3 is 0 Å². The van der Waals surface area contributed by atoms with Crippen molar-refractivity contribution in [1.29, 1.82) is 0 Å². The standard InChI is InChI=1S/C18H21BrN2O2S2/c1-4-17(13-5-8-15(9-6-13)25(3,22)23)21-18(24)20-14-7-10-16(19)12(2)11-14/h5-11,17H,4H2,1-3H3,(H2,20,21,24). The average molecular weight is 441 g/mol. The summed E-state index contributed by atoms with van der Waals surface area (Å²) in [4.78, 5) is 0.317. The lowest BCUT2D eigenvalue weighted by Crippen LogP contribution is -2.32. The maximum absolute atomic E-state index is 11.6. The number of sulfone groups is 1. The molecule has 25 heavy (non-hydrogen) atoms. The third-order valence-electron chi connectivity index (χ3n) is 3.84. The zero-order chi connectivity index (χ0) is 18.6. The van der Waals surface area contributed by atoms with Gasteiger partial charge in [-0.05, 0) is 67.0 Å². The van der Waals surface area contributed by atoms with Gasteiger partial charge in [0.05, 0.1) is 10.9 Å². The highest BCUT2D eigenvalue weighted by Crippen LogP contribution is 2.21. The summed E-state index contributed by atoms with van der Waals surface area (Å²) in [5.41, 5.74) is 3.03. The highest BCUT2D eigenvalue weighted by molar-refractivity contribution is 9.10. The Labute approximate surface area is 163 Å². The number of thiocarbonyl (C=S) groups is 1. The molecule has 134 valence electrons. The molecular weight excluding hydrogens is 420 g/mol. The van der Waals surface area contributed by atoms with E-state index < -0.39 is 9.84 Å². The Morgan fingerprint density at radius 2 is 1.84 bits per heavy atom. The summed E-state index contributed by atoms with van der Waals surface area (Å²) in [6, 6.07) is 12.8. The Balaban J connectivity index is 2.08. The summed E-state index contributed by atoms with van der Waals surface area (Å²) >= 11 is 8.89. The number of anilines is 1. The maximum Gasteiger partial charge on any atom is 0.175 e. The van der Waals surface area contributed by atoms with Gasteiger partial charge in [-0.25, -0.2) is 8.42 Å². The Morgan fingerprint density at radius 1 is 1.20 bits per heavy atom. The normalized spacial score (nSPS) is 12.5. The van der Waals surface area contributed by atoms with E-state index in [1.165, 1.54) is 6.26 Å². The molecule has 0 aliphatic carbocycles. The first kappa shape index (κ1) is 19.9. The van der Waals surface area contributed by atoms with Crippen LogP contribution in [0.1, 0.15) is 30.5 Å². The molecule has 2 rings (SSSR count). The molecule has 0 aromatic heterocycles. The highest BCUT2D eigenvalue weighted by Gasteiger charge is 2.13. The lowest BCUT2D eigenvalue weighted by Gasteiger charge is -2.20. The molecule has 4 nitrogen and oxygen atoms in total. The molecule has 0 aliphatic rings. The minimum atomic E-state index is -3.19. The molecule has 0 radical (unpaired) electrons. The molecule has 1 atom stereocenters. The molecule has 0 fully saturated rings. The Morgan fingerprint density at radius 3 is 2.36 bits per heavy atom. The maximum atomic E-state index is 11.6. The minimum absolute atomic E-state index is 0.00477. The number of rotatable bonds is 5. The van der Waals surface area contributed by atoms with Gasteiger partial charge in [-0.15, -0.1) is 0 Å². The molecule has 2 aromatic rings. The fourth-order valence-electron chi connectivity index (χ4n) is 2.42. The van der Waals surface area contributed by atoms with Crippen molar-refractivity contribution in [2.24, 2.45) is 0 Å². The smallest absolute Gasteiger partial charge is 0.175 e. The van der Waals surface area contributed by atoms with E-state index in [0.717, 1.165) is 27.7 Å². The largest absolute Gasteiger partial charge is 0.356 e. The zero-order valence-corrected chi connectivity index (χ0v) is 17.6. The monoisotopic (exact) mass is 440 g/mol. The van der Waals surface area contributed by atoms with Gasteiger partial charge in [0.2, 0.25) is 0 Å². The lowest BCUT2D eigenvalue weighted by atomic mass is 10.1. The average Bonchev–Trinajstić information content (AvgIpc) is 2.55. The second-order valence-corrected chi connectivity index (χ2v) is 9.14. The second kappa shape index (κ2) is 8.29. The number of hydrogen-bond acceptors (Lipinski definition) is 3. The van der Waals surface area contributed by atoms with Crippen molar-refractivity contribution in [2.45, 2.75) is 31.2 Å². The second-order valence-electron chi connectivity index (χ2n) is 5.86. The summed E-state index contributed by atoms with van der Waals surface area (Å²) in [7, 11) is -3.19. The van der Waals surface area contributed by atoms with Crippen LogP contribution in [0.2, 0.25) is 0 Å². The van der Waals surface area contributed by atoms with Crippen LogP contribution in [0.3, 0.4) is 0 Å². The first-order chi connectivity index (χ1) is 11.7. The molecular formula is C18H21BrN2O2S2.